The summed E-state index contributed by atoms with van der Waals surface area (Å²) in [6.07, 6.45) is 2.87. The number of nitrogens with zero attached hydrogens (tertiary/aromatic N) is 3. The third-order valence-corrected chi connectivity index (χ3v) is 5.15. The van der Waals surface area contributed by atoms with Crippen molar-refractivity contribution in [2.75, 3.05) is 27.0 Å². The number of aromatic nitrogens is 3. The lowest BCUT2D eigenvalue weighted by molar-refractivity contribution is -0.128. The maximum Gasteiger partial charge on any atom is 0.348 e. The molecule has 0 fully saturated rings. The zero-order valence-corrected chi connectivity index (χ0v) is 18.7. The minimum atomic E-state index is -0.318. The molecule has 0 spiro atoms. The van der Waals surface area contributed by atoms with Gasteiger partial charge in [-0.05, 0) is 35.8 Å². The third-order valence-electron chi connectivity index (χ3n) is 4.21. The molecule has 2 aromatic rings. The van der Waals surface area contributed by atoms with Gasteiger partial charge < -0.3 is 9.64 Å². The zero-order valence-electron chi connectivity index (χ0n) is 17.1. The lowest BCUT2D eigenvalue weighted by atomic mass is 9.85. The van der Waals surface area contributed by atoms with Gasteiger partial charge in [0.25, 0.3) is 0 Å². The number of aromatic amines is 1. The lowest BCUT2D eigenvalue weighted by Crippen LogP contribution is -2.22. The van der Waals surface area contributed by atoms with E-state index in [1.54, 1.807) is 25.1 Å². The van der Waals surface area contributed by atoms with Crippen LogP contribution in [0.4, 0.5) is 0 Å². The molecule has 0 aliphatic heterocycles. The van der Waals surface area contributed by atoms with Crippen molar-refractivity contribution in [3.63, 3.8) is 0 Å². The van der Waals surface area contributed by atoms with Crippen LogP contribution in [0, 0.1) is 0 Å². The Balaban J connectivity index is 2.35. The molecule has 0 aliphatic rings. The van der Waals surface area contributed by atoms with Crippen LogP contribution >= 0.6 is 23.4 Å². The SMILES string of the molecule is CSc1n[nH]c(=O)n1-c1cc(Cl)c(OCCCC(=O)N(C)C)cc1C(C)(C)C. The van der Waals surface area contributed by atoms with Crippen LogP contribution in [0.5, 0.6) is 5.75 Å². The number of nitrogens with one attached hydrogen (secondary N) is 1. The highest BCUT2D eigenvalue weighted by Gasteiger charge is 2.24. The number of benzene rings is 1. The van der Waals surface area contributed by atoms with E-state index < -0.39 is 0 Å². The minimum absolute atomic E-state index is 0.0596. The first-order valence-electron chi connectivity index (χ1n) is 8.95. The highest BCUT2D eigenvalue weighted by atomic mass is 35.5. The first-order chi connectivity index (χ1) is 13.1. The number of carbonyl (C=O) groups is 1. The highest BCUT2D eigenvalue weighted by molar-refractivity contribution is 7.98. The lowest BCUT2D eigenvalue weighted by Gasteiger charge is -2.25. The fourth-order valence-corrected chi connectivity index (χ4v) is 3.41. The molecule has 0 radical (unpaired) electrons. The van der Waals surface area contributed by atoms with Crippen LogP contribution in [-0.2, 0) is 10.2 Å². The Labute approximate surface area is 174 Å². The van der Waals surface area contributed by atoms with Gasteiger partial charge in [-0.3, -0.25) is 4.79 Å². The zero-order chi connectivity index (χ0) is 21.1. The van der Waals surface area contributed by atoms with E-state index in [0.717, 1.165) is 5.56 Å². The number of H-pyrrole nitrogens is 1. The fourth-order valence-electron chi connectivity index (χ4n) is 2.70. The van der Waals surface area contributed by atoms with Crippen LogP contribution in [-0.4, -0.2) is 52.5 Å². The van der Waals surface area contributed by atoms with Gasteiger partial charge in [-0.1, -0.05) is 44.1 Å². The fraction of sp³-hybridized carbons (Fsp3) is 0.526. The summed E-state index contributed by atoms with van der Waals surface area (Å²) in [5, 5.41) is 7.51. The number of halogens is 1. The van der Waals surface area contributed by atoms with Crippen LogP contribution in [0.25, 0.3) is 5.69 Å². The van der Waals surface area contributed by atoms with Crippen molar-refractivity contribution in [1.29, 1.82) is 0 Å². The second-order valence-electron chi connectivity index (χ2n) is 7.64. The molecule has 0 aliphatic carbocycles. The molecule has 9 heteroatoms. The predicted molar refractivity (Wildman–Crippen MR) is 113 cm³/mol. The van der Waals surface area contributed by atoms with Crippen molar-refractivity contribution >= 4 is 29.3 Å². The summed E-state index contributed by atoms with van der Waals surface area (Å²) < 4.78 is 7.37. The van der Waals surface area contributed by atoms with E-state index in [1.807, 2.05) is 12.3 Å². The molecule has 2 rings (SSSR count). The van der Waals surface area contributed by atoms with E-state index in [4.69, 9.17) is 16.3 Å². The van der Waals surface area contributed by atoms with Gasteiger partial charge >= 0.3 is 5.69 Å². The Bertz CT molecular complexity index is 900. The van der Waals surface area contributed by atoms with Crippen molar-refractivity contribution in [2.45, 2.75) is 44.2 Å². The van der Waals surface area contributed by atoms with E-state index in [0.29, 0.717) is 41.1 Å². The molecule has 154 valence electrons. The second kappa shape index (κ2) is 9.05. The van der Waals surface area contributed by atoms with E-state index >= 15 is 0 Å². The van der Waals surface area contributed by atoms with Crippen LogP contribution in [0.15, 0.2) is 22.1 Å². The van der Waals surface area contributed by atoms with Gasteiger partial charge in [0.15, 0.2) is 5.16 Å². The molecule has 28 heavy (non-hydrogen) atoms. The Kier molecular flexibility index (Phi) is 7.22. The summed E-state index contributed by atoms with van der Waals surface area (Å²) in [5.74, 6) is 0.597. The van der Waals surface area contributed by atoms with Gasteiger partial charge in [0.05, 0.1) is 17.3 Å². The van der Waals surface area contributed by atoms with Gasteiger partial charge in [0.2, 0.25) is 5.91 Å². The van der Waals surface area contributed by atoms with Crippen molar-refractivity contribution in [1.82, 2.24) is 19.7 Å². The van der Waals surface area contributed by atoms with Crippen LogP contribution in [0.2, 0.25) is 5.02 Å². The van der Waals surface area contributed by atoms with Crippen LogP contribution in [0.3, 0.4) is 0 Å². The summed E-state index contributed by atoms with van der Waals surface area (Å²) in [6, 6.07) is 3.61. The number of ether oxygens (including phenoxy) is 1. The first-order valence-corrected chi connectivity index (χ1v) is 10.5. The van der Waals surface area contributed by atoms with Crippen LogP contribution in [0.1, 0.15) is 39.2 Å². The molecule has 1 N–H and O–H groups in total. The quantitative estimate of drug-likeness (QED) is 0.541. The van der Waals surface area contributed by atoms with Crippen molar-refractivity contribution in [2.24, 2.45) is 0 Å². The van der Waals surface area contributed by atoms with Crippen molar-refractivity contribution in [3.8, 4) is 11.4 Å². The second-order valence-corrected chi connectivity index (χ2v) is 8.82. The van der Waals surface area contributed by atoms with E-state index in [-0.39, 0.29) is 17.0 Å². The van der Waals surface area contributed by atoms with Gasteiger partial charge in [-0.2, -0.15) is 0 Å². The molecule has 1 heterocycles. The molecule has 0 atom stereocenters. The summed E-state index contributed by atoms with van der Waals surface area (Å²) in [5.41, 5.74) is 1.01. The normalized spacial score (nSPS) is 11.5. The molecule has 0 bridgehead atoms. The van der Waals surface area contributed by atoms with E-state index in [2.05, 4.69) is 31.0 Å². The topological polar surface area (TPSA) is 80.2 Å². The number of amides is 1. The van der Waals surface area contributed by atoms with Crippen molar-refractivity contribution < 1.29 is 9.53 Å². The first kappa shape index (κ1) is 22.4. The molecule has 1 aromatic carbocycles. The Morgan fingerprint density at radius 1 is 1.36 bits per heavy atom. The molecule has 1 aromatic heterocycles. The number of thioether (sulfide) groups is 1. The predicted octanol–water partition coefficient (Wildman–Crippen LogP) is 3.48. The summed E-state index contributed by atoms with van der Waals surface area (Å²) in [6.45, 7) is 6.55. The number of hydrogen-bond acceptors (Lipinski definition) is 5. The Morgan fingerprint density at radius 3 is 2.61 bits per heavy atom. The third kappa shape index (κ3) is 5.11. The number of hydrogen-bond donors (Lipinski definition) is 1. The molecule has 1 amide bonds. The minimum Gasteiger partial charge on any atom is -0.492 e. The molecule has 0 saturated carbocycles. The smallest absolute Gasteiger partial charge is 0.348 e. The summed E-state index contributed by atoms with van der Waals surface area (Å²) in [7, 11) is 3.46. The van der Waals surface area contributed by atoms with Crippen LogP contribution < -0.4 is 10.4 Å². The number of carbonyl (C=O) groups excluding carboxylic acids is 1. The Morgan fingerprint density at radius 2 is 2.04 bits per heavy atom. The average Bonchev–Trinajstić information content (AvgIpc) is 2.98. The molecular formula is C19H27ClN4O3S. The summed E-state index contributed by atoms with van der Waals surface area (Å²) in [4.78, 5) is 25.6. The number of rotatable bonds is 7. The van der Waals surface area contributed by atoms with E-state index in [1.165, 1.54) is 16.3 Å². The molecule has 7 nitrogen and oxygen atoms in total. The largest absolute Gasteiger partial charge is 0.492 e. The monoisotopic (exact) mass is 426 g/mol. The average molecular weight is 427 g/mol. The van der Waals surface area contributed by atoms with Crippen molar-refractivity contribution in [3.05, 3.63) is 33.2 Å². The van der Waals surface area contributed by atoms with Gasteiger partial charge in [-0.15, -0.1) is 5.10 Å². The maximum absolute atomic E-state index is 12.3. The molecule has 0 unspecified atom stereocenters. The van der Waals surface area contributed by atoms with Gasteiger partial charge in [0, 0.05) is 20.5 Å². The van der Waals surface area contributed by atoms with E-state index in [9.17, 15) is 9.59 Å². The molecular weight excluding hydrogens is 400 g/mol. The standard InChI is InChI=1S/C19H27ClN4O3S/c1-19(2,3)12-10-15(27-9-7-8-16(25)23(4)5)13(20)11-14(12)24-17(26)21-22-18(24)28-6/h10-11H,7-9H2,1-6H3,(H,21,26). The van der Waals surface area contributed by atoms with Gasteiger partial charge in [0.1, 0.15) is 5.75 Å². The Hall–Kier alpha value is -1.93. The highest BCUT2D eigenvalue weighted by Crippen LogP contribution is 2.37. The van der Waals surface area contributed by atoms with Gasteiger partial charge in [-0.25, -0.2) is 14.5 Å². The molecule has 0 saturated heterocycles. The maximum atomic E-state index is 12.3. The summed E-state index contributed by atoms with van der Waals surface area (Å²) >= 11 is 7.83.